The Morgan fingerprint density at radius 1 is 1.31 bits per heavy atom. The number of hydrogen-bond acceptors (Lipinski definition) is 2. The highest BCUT2D eigenvalue weighted by Crippen LogP contribution is 2.30. The lowest BCUT2D eigenvalue weighted by Crippen LogP contribution is -2.51. The predicted molar refractivity (Wildman–Crippen MR) is 48.1 cm³/mol. The Kier molecular flexibility index (Phi) is 2.34. The fourth-order valence-electron chi connectivity index (χ4n) is 2.53. The van der Waals surface area contributed by atoms with E-state index in [0.29, 0.717) is 6.42 Å². The first-order valence-corrected chi connectivity index (χ1v) is 5.07. The zero-order valence-electron chi connectivity index (χ0n) is 7.74. The lowest BCUT2D eigenvalue weighted by molar-refractivity contribution is -0.141. The van der Waals surface area contributed by atoms with Gasteiger partial charge in [0.1, 0.15) is 6.29 Å². The van der Waals surface area contributed by atoms with Crippen LogP contribution in [0.15, 0.2) is 0 Å². The van der Waals surface area contributed by atoms with Crippen LogP contribution in [0, 0.1) is 5.92 Å². The number of piperidine rings is 2. The number of carbonyl (C=O) groups is 2. The van der Waals surface area contributed by atoms with Crippen molar-refractivity contribution in [3.63, 3.8) is 0 Å². The lowest BCUT2D eigenvalue weighted by atomic mass is 9.84. The second kappa shape index (κ2) is 3.48. The van der Waals surface area contributed by atoms with E-state index < -0.39 is 0 Å². The predicted octanol–water partition coefficient (Wildman–Crippen LogP) is 0.976. The summed E-state index contributed by atoms with van der Waals surface area (Å²) in [6.07, 6.45) is 5.67. The summed E-state index contributed by atoms with van der Waals surface area (Å²) in [5.41, 5.74) is 0. The number of amides is 1. The van der Waals surface area contributed by atoms with Gasteiger partial charge in [-0.2, -0.15) is 0 Å². The van der Waals surface area contributed by atoms with Gasteiger partial charge in [0.25, 0.3) is 0 Å². The van der Waals surface area contributed by atoms with Crippen molar-refractivity contribution in [3.05, 3.63) is 0 Å². The summed E-state index contributed by atoms with van der Waals surface area (Å²) >= 11 is 0. The molecule has 0 radical (unpaired) electrons. The summed E-state index contributed by atoms with van der Waals surface area (Å²) in [7, 11) is 0. The molecule has 0 N–H and O–H groups in total. The zero-order chi connectivity index (χ0) is 9.26. The van der Waals surface area contributed by atoms with Crippen molar-refractivity contribution in [2.24, 2.45) is 5.92 Å². The minimum absolute atomic E-state index is 0.109. The van der Waals surface area contributed by atoms with Gasteiger partial charge in [-0.3, -0.25) is 4.79 Å². The minimum Gasteiger partial charge on any atom is -0.339 e. The first kappa shape index (κ1) is 8.73. The van der Waals surface area contributed by atoms with Crippen LogP contribution < -0.4 is 0 Å². The molecule has 0 aromatic heterocycles. The highest BCUT2D eigenvalue weighted by Gasteiger charge is 2.36. The van der Waals surface area contributed by atoms with E-state index in [0.717, 1.165) is 38.5 Å². The molecule has 0 saturated carbocycles. The van der Waals surface area contributed by atoms with E-state index in [2.05, 4.69) is 0 Å². The number of aldehydes is 1. The molecule has 3 nitrogen and oxygen atoms in total. The Balaban J connectivity index is 2.13. The molecule has 2 heterocycles. The van der Waals surface area contributed by atoms with E-state index in [-0.39, 0.29) is 17.9 Å². The van der Waals surface area contributed by atoms with Crippen LogP contribution >= 0.6 is 0 Å². The van der Waals surface area contributed by atoms with Gasteiger partial charge in [0.05, 0.1) is 0 Å². The Morgan fingerprint density at radius 3 is 2.92 bits per heavy atom. The highest BCUT2D eigenvalue weighted by molar-refractivity contribution is 5.78. The van der Waals surface area contributed by atoms with Crippen molar-refractivity contribution in [2.45, 2.75) is 38.1 Å². The van der Waals surface area contributed by atoms with Gasteiger partial charge in [-0.1, -0.05) is 0 Å². The van der Waals surface area contributed by atoms with Crippen molar-refractivity contribution in [1.29, 1.82) is 0 Å². The number of hydrogen-bond donors (Lipinski definition) is 0. The van der Waals surface area contributed by atoms with E-state index >= 15 is 0 Å². The van der Waals surface area contributed by atoms with Crippen LogP contribution in [0.25, 0.3) is 0 Å². The van der Waals surface area contributed by atoms with Crippen LogP contribution in [0.1, 0.15) is 32.1 Å². The summed E-state index contributed by atoms with van der Waals surface area (Å²) in [6, 6.07) is 0.229. The maximum atomic E-state index is 11.5. The maximum absolute atomic E-state index is 11.5. The quantitative estimate of drug-likeness (QED) is 0.565. The van der Waals surface area contributed by atoms with Gasteiger partial charge in [-0.05, 0) is 25.7 Å². The zero-order valence-corrected chi connectivity index (χ0v) is 7.74. The van der Waals surface area contributed by atoms with Crippen molar-refractivity contribution >= 4 is 12.2 Å². The smallest absolute Gasteiger partial charge is 0.222 e. The molecule has 2 atom stereocenters. The second-order valence-electron chi connectivity index (χ2n) is 3.99. The molecular formula is C10H15NO2. The normalized spacial score (nSPS) is 34.2. The van der Waals surface area contributed by atoms with Crippen LogP contribution in [-0.4, -0.2) is 29.7 Å². The molecule has 0 aliphatic carbocycles. The number of carbonyl (C=O) groups excluding carboxylic acids is 2. The Morgan fingerprint density at radius 2 is 2.15 bits per heavy atom. The van der Waals surface area contributed by atoms with Crippen molar-refractivity contribution < 1.29 is 9.59 Å². The molecule has 0 bridgehead atoms. The standard InChI is InChI=1S/C10H15NO2/c12-7-8-3-2-6-11-9(8)4-1-5-10(11)13/h7-9H,1-6H2/t8-,9-/m0/s1. The van der Waals surface area contributed by atoms with E-state index in [1.54, 1.807) is 0 Å². The molecule has 2 aliphatic rings. The van der Waals surface area contributed by atoms with Crippen molar-refractivity contribution in [1.82, 2.24) is 4.90 Å². The molecule has 2 fully saturated rings. The Labute approximate surface area is 78.1 Å². The summed E-state index contributed by atoms with van der Waals surface area (Å²) in [6.45, 7) is 0.869. The van der Waals surface area contributed by atoms with Gasteiger partial charge in [-0.25, -0.2) is 0 Å². The van der Waals surface area contributed by atoms with Crippen molar-refractivity contribution in [3.8, 4) is 0 Å². The molecule has 2 rings (SSSR count). The van der Waals surface area contributed by atoms with Gasteiger partial charge in [-0.15, -0.1) is 0 Å². The number of rotatable bonds is 1. The van der Waals surface area contributed by atoms with Crippen LogP contribution in [0.5, 0.6) is 0 Å². The first-order chi connectivity index (χ1) is 6.33. The van der Waals surface area contributed by atoms with Gasteiger partial charge >= 0.3 is 0 Å². The molecule has 2 aliphatic heterocycles. The molecule has 72 valence electrons. The molecular weight excluding hydrogens is 166 g/mol. The molecule has 0 spiro atoms. The molecule has 2 saturated heterocycles. The van der Waals surface area contributed by atoms with E-state index in [4.69, 9.17) is 0 Å². The van der Waals surface area contributed by atoms with E-state index in [9.17, 15) is 9.59 Å². The van der Waals surface area contributed by atoms with E-state index in [1.807, 2.05) is 4.90 Å². The Bertz CT molecular complexity index is 227. The fourth-order valence-corrected chi connectivity index (χ4v) is 2.53. The van der Waals surface area contributed by atoms with Gasteiger partial charge in [0.2, 0.25) is 5.91 Å². The largest absolute Gasteiger partial charge is 0.339 e. The highest BCUT2D eigenvalue weighted by atomic mass is 16.2. The average Bonchev–Trinajstić information content (AvgIpc) is 2.18. The molecule has 0 aromatic carbocycles. The molecule has 0 aromatic rings. The van der Waals surface area contributed by atoms with Crippen LogP contribution in [0.2, 0.25) is 0 Å². The monoisotopic (exact) mass is 181 g/mol. The second-order valence-corrected chi connectivity index (χ2v) is 3.99. The SMILES string of the molecule is O=C[C@@H]1CCCN2C(=O)CCC[C@@H]12. The van der Waals surface area contributed by atoms with Gasteiger partial charge in [0.15, 0.2) is 0 Å². The molecule has 1 amide bonds. The van der Waals surface area contributed by atoms with Crippen LogP contribution in [0.3, 0.4) is 0 Å². The summed E-state index contributed by atoms with van der Waals surface area (Å²) < 4.78 is 0. The third-order valence-electron chi connectivity index (χ3n) is 3.22. The minimum atomic E-state index is 0.109. The van der Waals surface area contributed by atoms with E-state index in [1.165, 1.54) is 0 Å². The van der Waals surface area contributed by atoms with Gasteiger partial charge < -0.3 is 9.69 Å². The lowest BCUT2D eigenvalue weighted by Gasteiger charge is -2.42. The topological polar surface area (TPSA) is 37.4 Å². The van der Waals surface area contributed by atoms with Crippen LogP contribution in [0.4, 0.5) is 0 Å². The van der Waals surface area contributed by atoms with Gasteiger partial charge in [0, 0.05) is 24.9 Å². The summed E-state index contributed by atoms with van der Waals surface area (Å²) in [4.78, 5) is 24.2. The summed E-state index contributed by atoms with van der Waals surface area (Å²) in [5, 5.41) is 0. The number of fused-ring (bicyclic) bond motifs is 1. The molecule has 13 heavy (non-hydrogen) atoms. The maximum Gasteiger partial charge on any atom is 0.222 e. The third kappa shape index (κ3) is 1.47. The summed E-state index contributed by atoms with van der Waals surface area (Å²) in [5.74, 6) is 0.362. The Hall–Kier alpha value is -0.860. The number of nitrogens with zero attached hydrogens (tertiary/aromatic N) is 1. The molecule has 0 unspecified atom stereocenters. The first-order valence-electron chi connectivity index (χ1n) is 5.07. The fraction of sp³-hybridized carbons (Fsp3) is 0.800. The molecule has 3 heteroatoms. The average molecular weight is 181 g/mol. The van der Waals surface area contributed by atoms with Crippen molar-refractivity contribution in [2.75, 3.05) is 6.54 Å². The third-order valence-corrected chi connectivity index (χ3v) is 3.22. The van der Waals surface area contributed by atoms with Crippen LogP contribution in [-0.2, 0) is 9.59 Å².